The summed E-state index contributed by atoms with van der Waals surface area (Å²) in [4.78, 5) is 19.5. The Morgan fingerprint density at radius 2 is 1.86 bits per heavy atom. The molecule has 1 heterocycles. The predicted molar refractivity (Wildman–Crippen MR) is 86.5 cm³/mol. The fourth-order valence-electron chi connectivity index (χ4n) is 1.39. The van der Waals surface area contributed by atoms with E-state index in [9.17, 15) is 4.79 Å². The van der Waals surface area contributed by atoms with E-state index in [1.165, 1.54) is 32.9 Å². The van der Waals surface area contributed by atoms with Gasteiger partial charge in [-0.15, -0.1) is 0 Å². The molecule has 1 rings (SSSR count). The number of aromatic nitrogens is 2. The van der Waals surface area contributed by atoms with E-state index in [4.69, 9.17) is 9.47 Å². The van der Waals surface area contributed by atoms with Gasteiger partial charge in [0, 0.05) is 13.1 Å². The lowest BCUT2D eigenvalue weighted by atomic mass is 9.92. The lowest BCUT2D eigenvalue weighted by Crippen LogP contribution is -2.26. The molecule has 0 aliphatic carbocycles. The van der Waals surface area contributed by atoms with E-state index in [1.807, 2.05) is 0 Å². The number of nitrogens with one attached hydrogen (secondary N) is 1. The van der Waals surface area contributed by atoms with E-state index in [2.05, 4.69) is 41.3 Å². The molecule has 0 aliphatic heterocycles. The molecule has 22 heavy (non-hydrogen) atoms. The van der Waals surface area contributed by atoms with Crippen LogP contribution >= 0.6 is 11.8 Å². The van der Waals surface area contributed by atoms with Gasteiger partial charge in [0.2, 0.25) is 17.7 Å². The molecule has 1 aromatic rings. The van der Waals surface area contributed by atoms with Crippen LogP contribution in [0.4, 0.5) is 0 Å². The molecule has 7 nitrogen and oxygen atoms in total. The van der Waals surface area contributed by atoms with E-state index in [1.54, 1.807) is 12.3 Å². The zero-order chi connectivity index (χ0) is 16.8. The van der Waals surface area contributed by atoms with Crippen LogP contribution in [0, 0.1) is 5.41 Å². The Bertz CT molecular complexity index is 521. The van der Waals surface area contributed by atoms with Crippen molar-refractivity contribution in [3.05, 3.63) is 6.07 Å². The maximum absolute atomic E-state index is 10.9. The van der Waals surface area contributed by atoms with Gasteiger partial charge >= 0.3 is 0 Å². The van der Waals surface area contributed by atoms with Crippen molar-refractivity contribution in [3.8, 4) is 11.8 Å². The summed E-state index contributed by atoms with van der Waals surface area (Å²) in [7, 11) is 3.07. The zero-order valence-electron chi connectivity index (χ0n) is 13.7. The highest BCUT2D eigenvalue weighted by Crippen LogP contribution is 2.34. The second-order valence-electron chi connectivity index (χ2n) is 5.59. The van der Waals surface area contributed by atoms with Gasteiger partial charge in [-0.25, -0.2) is 5.43 Å². The lowest BCUT2D eigenvalue weighted by Gasteiger charge is -2.26. The number of hydrogen-bond acceptors (Lipinski definition) is 7. The number of methoxy groups -OCH3 is 2. The van der Waals surface area contributed by atoms with Crippen molar-refractivity contribution >= 4 is 23.9 Å². The van der Waals surface area contributed by atoms with E-state index < -0.39 is 0 Å². The van der Waals surface area contributed by atoms with Crippen LogP contribution in [0.3, 0.4) is 0 Å². The summed E-state index contributed by atoms with van der Waals surface area (Å²) in [6.07, 6.45) is 1.68. The molecular weight excluding hydrogens is 304 g/mol. The topological polar surface area (TPSA) is 85.7 Å². The van der Waals surface area contributed by atoms with Crippen molar-refractivity contribution in [2.75, 3.05) is 14.2 Å². The first-order valence-electron chi connectivity index (χ1n) is 6.69. The van der Waals surface area contributed by atoms with Crippen LogP contribution in [0.5, 0.6) is 11.8 Å². The molecule has 0 saturated carbocycles. The highest BCUT2D eigenvalue weighted by atomic mass is 32.2. The van der Waals surface area contributed by atoms with Crippen molar-refractivity contribution in [2.45, 2.75) is 38.1 Å². The molecule has 0 spiro atoms. The Kier molecular flexibility index (Phi) is 6.61. The Morgan fingerprint density at radius 1 is 1.32 bits per heavy atom. The molecule has 1 aromatic heterocycles. The maximum Gasteiger partial charge on any atom is 0.236 e. The highest BCUT2D eigenvalue weighted by Gasteiger charge is 2.26. The first-order chi connectivity index (χ1) is 10.3. The molecule has 0 aromatic carbocycles. The standard InChI is InChI=1S/C14H22N4O3S/c1-9(19)18-15-8-10(14(2,3)4)22-13-16-11(20-5)7-12(17-13)21-6/h7-8,10H,1-6H3,(H,18,19). The fraction of sp³-hybridized carbons (Fsp3) is 0.571. The van der Waals surface area contributed by atoms with Crippen molar-refractivity contribution in [3.63, 3.8) is 0 Å². The summed E-state index contributed by atoms with van der Waals surface area (Å²) in [6.45, 7) is 7.62. The third-order valence-electron chi connectivity index (χ3n) is 2.59. The third-order valence-corrected chi connectivity index (χ3v) is 4.07. The number of carbonyl (C=O) groups excluding carboxylic acids is 1. The summed E-state index contributed by atoms with van der Waals surface area (Å²) in [6, 6.07) is 1.61. The average Bonchev–Trinajstić information content (AvgIpc) is 2.44. The molecule has 1 unspecified atom stereocenters. The van der Waals surface area contributed by atoms with Crippen LogP contribution in [0.25, 0.3) is 0 Å². The number of thioether (sulfide) groups is 1. The summed E-state index contributed by atoms with van der Waals surface area (Å²) in [5.41, 5.74) is 2.30. The fourth-order valence-corrected chi connectivity index (χ4v) is 2.37. The summed E-state index contributed by atoms with van der Waals surface area (Å²) < 4.78 is 10.3. The van der Waals surface area contributed by atoms with E-state index in [-0.39, 0.29) is 16.6 Å². The minimum atomic E-state index is -0.215. The Morgan fingerprint density at radius 3 is 2.27 bits per heavy atom. The Labute approximate surface area is 134 Å². The number of hydrazone groups is 1. The highest BCUT2D eigenvalue weighted by molar-refractivity contribution is 8.00. The smallest absolute Gasteiger partial charge is 0.236 e. The molecule has 122 valence electrons. The molecule has 1 amide bonds. The van der Waals surface area contributed by atoms with Gasteiger partial charge in [-0.1, -0.05) is 32.5 Å². The number of carbonyl (C=O) groups is 1. The molecule has 1 atom stereocenters. The molecule has 1 N–H and O–H groups in total. The minimum absolute atomic E-state index is 0.0452. The molecule has 0 aliphatic rings. The van der Waals surface area contributed by atoms with E-state index in [0.717, 1.165) is 0 Å². The average molecular weight is 326 g/mol. The molecule has 0 bridgehead atoms. The van der Waals surface area contributed by atoms with Crippen LogP contribution < -0.4 is 14.9 Å². The van der Waals surface area contributed by atoms with Gasteiger partial charge in [-0.2, -0.15) is 15.1 Å². The quantitative estimate of drug-likeness (QED) is 0.373. The van der Waals surface area contributed by atoms with Crippen molar-refractivity contribution < 1.29 is 14.3 Å². The number of rotatable bonds is 6. The van der Waals surface area contributed by atoms with Gasteiger partial charge in [0.15, 0.2) is 5.16 Å². The molecule has 0 radical (unpaired) electrons. The van der Waals surface area contributed by atoms with Crippen molar-refractivity contribution in [1.82, 2.24) is 15.4 Å². The van der Waals surface area contributed by atoms with Crippen LogP contribution in [0.15, 0.2) is 16.3 Å². The van der Waals surface area contributed by atoms with Crippen LogP contribution in [-0.4, -0.2) is 41.6 Å². The van der Waals surface area contributed by atoms with Crippen molar-refractivity contribution in [1.29, 1.82) is 0 Å². The van der Waals surface area contributed by atoms with Crippen molar-refractivity contribution in [2.24, 2.45) is 10.5 Å². The zero-order valence-corrected chi connectivity index (χ0v) is 14.5. The number of ether oxygens (including phenoxy) is 2. The predicted octanol–water partition coefficient (Wildman–Crippen LogP) is 2.12. The van der Waals surface area contributed by atoms with Gasteiger partial charge in [-0.3, -0.25) is 4.79 Å². The second-order valence-corrected chi connectivity index (χ2v) is 6.69. The third kappa shape index (κ3) is 5.88. The largest absolute Gasteiger partial charge is 0.481 e. The normalized spacial score (nSPS) is 13.0. The van der Waals surface area contributed by atoms with Gasteiger partial charge in [0.1, 0.15) is 0 Å². The maximum atomic E-state index is 10.9. The van der Waals surface area contributed by atoms with Gasteiger partial charge < -0.3 is 9.47 Å². The monoisotopic (exact) mass is 326 g/mol. The molecule has 0 fully saturated rings. The van der Waals surface area contributed by atoms with Crippen LogP contribution in [0.2, 0.25) is 0 Å². The van der Waals surface area contributed by atoms with Gasteiger partial charge in [-0.05, 0) is 5.41 Å². The summed E-state index contributed by atoms with van der Waals surface area (Å²) in [5.74, 6) is 0.648. The Balaban J connectivity index is 2.98. The minimum Gasteiger partial charge on any atom is -0.481 e. The van der Waals surface area contributed by atoms with E-state index in [0.29, 0.717) is 16.9 Å². The molecule has 8 heteroatoms. The number of nitrogens with zero attached hydrogens (tertiary/aromatic N) is 3. The van der Waals surface area contributed by atoms with Crippen LogP contribution in [0.1, 0.15) is 27.7 Å². The van der Waals surface area contributed by atoms with E-state index >= 15 is 0 Å². The Hall–Kier alpha value is -1.83. The SMILES string of the molecule is COc1cc(OC)nc(SC(C=NNC(C)=O)C(C)(C)C)n1. The summed E-state index contributed by atoms with van der Waals surface area (Å²) >= 11 is 1.42. The number of hydrogen-bond donors (Lipinski definition) is 1. The van der Waals surface area contributed by atoms with Crippen LogP contribution in [-0.2, 0) is 4.79 Å². The first kappa shape index (κ1) is 18.2. The van der Waals surface area contributed by atoms with Gasteiger partial charge in [0.25, 0.3) is 0 Å². The number of amides is 1. The molecular formula is C14H22N4O3S. The first-order valence-corrected chi connectivity index (χ1v) is 7.57. The van der Waals surface area contributed by atoms with Gasteiger partial charge in [0.05, 0.1) is 25.5 Å². The lowest BCUT2D eigenvalue weighted by molar-refractivity contribution is -0.118. The molecule has 0 saturated heterocycles. The second kappa shape index (κ2) is 7.98. The summed E-state index contributed by atoms with van der Waals surface area (Å²) in [5, 5.41) is 4.43.